The summed E-state index contributed by atoms with van der Waals surface area (Å²) in [7, 11) is 0. The van der Waals surface area contributed by atoms with Gasteiger partial charge in [-0.05, 0) is 13.8 Å². The highest BCUT2D eigenvalue weighted by Crippen LogP contribution is 2.23. The predicted octanol–water partition coefficient (Wildman–Crippen LogP) is 2.02. The van der Waals surface area contributed by atoms with Crippen molar-refractivity contribution in [1.82, 2.24) is 4.98 Å². The summed E-state index contributed by atoms with van der Waals surface area (Å²) in [6.07, 6.45) is 0. The summed E-state index contributed by atoms with van der Waals surface area (Å²) in [6.45, 7) is 3.65. The van der Waals surface area contributed by atoms with Crippen LogP contribution >= 0.6 is 11.6 Å². The minimum absolute atomic E-state index is 0.128. The van der Waals surface area contributed by atoms with Gasteiger partial charge in [0, 0.05) is 5.69 Å². The lowest BCUT2D eigenvalue weighted by Gasteiger charge is -1.98. The molecule has 0 aliphatic heterocycles. The largest absolute Gasteiger partial charge is 0.461 e. The molecule has 0 radical (unpaired) electrons. The number of nitrogens with one attached hydrogen (secondary N) is 1. The van der Waals surface area contributed by atoms with E-state index in [1.54, 1.807) is 13.8 Å². The zero-order valence-electron chi connectivity index (χ0n) is 7.85. The van der Waals surface area contributed by atoms with E-state index in [2.05, 4.69) is 4.98 Å². The van der Waals surface area contributed by atoms with Crippen molar-refractivity contribution >= 4 is 17.6 Å². The van der Waals surface area contributed by atoms with Crippen molar-refractivity contribution in [2.24, 2.45) is 0 Å². The fourth-order valence-corrected chi connectivity index (χ4v) is 1.38. The van der Waals surface area contributed by atoms with Crippen LogP contribution in [0.4, 0.5) is 0 Å². The van der Waals surface area contributed by atoms with E-state index in [4.69, 9.17) is 21.6 Å². The second-order valence-electron chi connectivity index (χ2n) is 2.65. The number of H-pyrrole nitrogens is 1. The second kappa shape index (κ2) is 4.16. The smallest absolute Gasteiger partial charge is 0.356 e. The zero-order valence-corrected chi connectivity index (χ0v) is 8.60. The van der Waals surface area contributed by atoms with Gasteiger partial charge < -0.3 is 9.72 Å². The molecule has 1 N–H and O–H groups in total. The fraction of sp³-hybridized carbons (Fsp3) is 0.333. The normalized spacial score (nSPS) is 9.57. The summed E-state index contributed by atoms with van der Waals surface area (Å²) in [5.74, 6) is -0.540. The molecule has 0 atom stereocenters. The lowest BCUT2D eigenvalue weighted by molar-refractivity contribution is 0.0520. The third-order valence-electron chi connectivity index (χ3n) is 1.72. The van der Waals surface area contributed by atoms with Crippen molar-refractivity contribution in [1.29, 1.82) is 5.26 Å². The summed E-state index contributed by atoms with van der Waals surface area (Å²) >= 11 is 5.81. The number of nitriles is 1. The quantitative estimate of drug-likeness (QED) is 0.763. The summed E-state index contributed by atoms with van der Waals surface area (Å²) < 4.78 is 4.76. The van der Waals surface area contributed by atoms with Crippen LogP contribution in [-0.2, 0) is 4.74 Å². The van der Waals surface area contributed by atoms with Crippen LogP contribution in [0.15, 0.2) is 0 Å². The SMILES string of the molecule is CCOC(=O)c1[nH]c(C)c(C#N)c1Cl. The Morgan fingerprint density at radius 3 is 2.79 bits per heavy atom. The van der Waals surface area contributed by atoms with Gasteiger partial charge in [-0.2, -0.15) is 5.26 Å². The van der Waals surface area contributed by atoms with E-state index in [0.29, 0.717) is 5.69 Å². The lowest BCUT2D eigenvalue weighted by atomic mass is 10.2. The number of hydrogen-bond acceptors (Lipinski definition) is 3. The summed E-state index contributed by atoms with van der Waals surface area (Å²) in [6, 6.07) is 1.91. The molecule has 0 aromatic carbocycles. The molecule has 0 amide bonds. The third kappa shape index (κ3) is 1.73. The molecule has 0 spiro atoms. The van der Waals surface area contributed by atoms with Crippen LogP contribution in [0.3, 0.4) is 0 Å². The van der Waals surface area contributed by atoms with Gasteiger partial charge in [-0.25, -0.2) is 4.79 Å². The van der Waals surface area contributed by atoms with Gasteiger partial charge in [0.1, 0.15) is 11.8 Å². The highest BCUT2D eigenvalue weighted by Gasteiger charge is 2.19. The highest BCUT2D eigenvalue weighted by atomic mass is 35.5. The number of aromatic amines is 1. The van der Waals surface area contributed by atoms with E-state index >= 15 is 0 Å². The monoisotopic (exact) mass is 212 g/mol. The number of ether oxygens (including phenoxy) is 1. The summed E-state index contributed by atoms with van der Waals surface area (Å²) in [4.78, 5) is 14.0. The number of rotatable bonds is 2. The summed E-state index contributed by atoms with van der Waals surface area (Å²) in [5, 5.41) is 8.85. The topological polar surface area (TPSA) is 65.9 Å². The van der Waals surface area contributed by atoms with Crippen molar-refractivity contribution in [2.45, 2.75) is 13.8 Å². The van der Waals surface area contributed by atoms with Crippen LogP contribution in [0.2, 0.25) is 5.02 Å². The van der Waals surface area contributed by atoms with Crippen molar-refractivity contribution < 1.29 is 9.53 Å². The molecule has 4 nitrogen and oxygen atoms in total. The number of halogens is 1. The molecule has 1 aromatic rings. The van der Waals surface area contributed by atoms with Crippen LogP contribution in [0.25, 0.3) is 0 Å². The van der Waals surface area contributed by atoms with Gasteiger partial charge in [0.05, 0.1) is 17.2 Å². The van der Waals surface area contributed by atoms with Crippen molar-refractivity contribution in [2.75, 3.05) is 6.61 Å². The van der Waals surface area contributed by atoms with E-state index in [1.807, 2.05) is 6.07 Å². The summed E-state index contributed by atoms with van der Waals surface area (Å²) in [5.41, 5.74) is 0.998. The maximum atomic E-state index is 11.3. The van der Waals surface area contributed by atoms with Crippen LogP contribution in [-0.4, -0.2) is 17.6 Å². The molecule has 0 saturated carbocycles. The van der Waals surface area contributed by atoms with E-state index < -0.39 is 5.97 Å². The van der Waals surface area contributed by atoms with Crippen molar-refractivity contribution in [3.05, 3.63) is 22.0 Å². The first kappa shape index (κ1) is 10.6. The average molecular weight is 213 g/mol. The number of nitrogens with zero attached hydrogens (tertiary/aromatic N) is 1. The molecular weight excluding hydrogens is 204 g/mol. The number of hydrogen-bond donors (Lipinski definition) is 1. The molecule has 14 heavy (non-hydrogen) atoms. The number of carbonyl (C=O) groups is 1. The molecule has 0 aliphatic rings. The molecule has 0 fully saturated rings. The Labute approximate surface area is 86.4 Å². The Kier molecular flexibility index (Phi) is 3.15. The molecule has 5 heteroatoms. The molecular formula is C9H9ClN2O2. The molecule has 74 valence electrons. The number of carbonyl (C=O) groups excluding carboxylic acids is 1. The Hall–Kier alpha value is -1.47. The van der Waals surface area contributed by atoms with Crippen LogP contribution in [0.1, 0.15) is 28.7 Å². The van der Waals surface area contributed by atoms with Crippen LogP contribution < -0.4 is 0 Å². The van der Waals surface area contributed by atoms with Crippen LogP contribution in [0, 0.1) is 18.3 Å². The Bertz CT molecular complexity index is 404. The van der Waals surface area contributed by atoms with Gasteiger partial charge in [0.25, 0.3) is 0 Å². The van der Waals surface area contributed by atoms with E-state index in [1.165, 1.54) is 0 Å². The molecule has 0 saturated heterocycles. The molecule has 0 aliphatic carbocycles. The fourth-order valence-electron chi connectivity index (χ4n) is 1.07. The van der Waals surface area contributed by atoms with Gasteiger partial charge in [0.15, 0.2) is 0 Å². The minimum atomic E-state index is -0.540. The van der Waals surface area contributed by atoms with Crippen LogP contribution in [0.5, 0.6) is 0 Å². The number of esters is 1. The first-order chi connectivity index (χ1) is 6.61. The Morgan fingerprint density at radius 2 is 2.36 bits per heavy atom. The maximum absolute atomic E-state index is 11.3. The molecule has 0 bridgehead atoms. The van der Waals surface area contributed by atoms with E-state index in [-0.39, 0.29) is 22.9 Å². The standard InChI is InChI=1S/C9H9ClN2O2/c1-3-14-9(13)8-7(10)6(4-11)5(2)12-8/h12H,3H2,1-2H3. The van der Waals surface area contributed by atoms with Gasteiger partial charge in [-0.3, -0.25) is 0 Å². The zero-order chi connectivity index (χ0) is 10.7. The van der Waals surface area contributed by atoms with Crippen molar-refractivity contribution in [3.8, 4) is 6.07 Å². The Balaban J connectivity index is 3.13. The Morgan fingerprint density at radius 1 is 1.71 bits per heavy atom. The molecule has 1 heterocycles. The first-order valence-corrected chi connectivity index (χ1v) is 4.44. The third-order valence-corrected chi connectivity index (χ3v) is 2.10. The van der Waals surface area contributed by atoms with Crippen molar-refractivity contribution in [3.63, 3.8) is 0 Å². The first-order valence-electron chi connectivity index (χ1n) is 4.07. The number of aromatic nitrogens is 1. The minimum Gasteiger partial charge on any atom is -0.461 e. The van der Waals surface area contributed by atoms with Gasteiger partial charge in [-0.1, -0.05) is 11.6 Å². The van der Waals surface area contributed by atoms with Gasteiger partial charge >= 0.3 is 5.97 Å². The average Bonchev–Trinajstić information content (AvgIpc) is 2.42. The molecule has 1 aromatic heterocycles. The molecule has 0 unspecified atom stereocenters. The number of aryl methyl sites for hydroxylation is 1. The second-order valence-corrected chi connectivity index (χ2v) is 3.02. The van der Waals surface area contributed by atoms with Gasteiger partial charge in [-0.15, -0.1) is 0 Å². The highest BCUT2D eigenvalue weighted by molar-refractivity contribution is 6.34. The predicted molar refractivity (Wildman–Crippen MR) is 51.2 cm³/mol. The van der Waals surface area contributed by atoms with Gasteiger partial charge in [0.2, 0.25) is 0 Å². The van der Waals surface area contributed by atoms with E-state index in [0.717, 1.165) is 0 Å². The lowest BCUT2D eigenvalue weighted by Crippen LogP contribution is -2.05. The van der Waals surface area contributed by atoms with E-state index in [9.17, 15) is 4.79 Å². The maximum Gasteiger partial charge on any atom is 0.356 e. The molecule has 1 rings (SSSR count).